The van der Waals surface area contributed by atoms with Gasteiger partial charge in [0, 0.05) is 29.9 Å². The van der Waals surface area contributed by atoms with Gasteiger partial charge in [-0.05, 0) is 43.2 Å². The molecule has 4 heteroatoms. The van der Waals surface area contributed by atoms with Gasteiger partial charge in [0.2, 0.25) is 0 Å². The van der Waals surface area contributed by atoms with Crippen LogP contribution in [0.15, 0.2) is 43.0 Å². The number of rotatable bonds is 9. The van der Waals surface area contributed by atoms with Gasteiger partial charge in [0.15, 0.2) is 0 Å². The fourth-order valence-corrected chi connectivity index (χ4v) is 7.20. The van der Waals surface area contributed by atoms with Crippen LogP contribution < -0.4 is 0 Å². The largest absolute Gasteiger partial charge is 0.335 e. The van der Waals surface area contributed by atoms with Crippen molar-refractivity contribution in [1.29, 1.82) is 0 Å². The van der Waals surface area contributed by atoms with Crippen molar-refractivity contribution in [3.63, 3.8) is 0 Å². The molecular formula is C21H30N2S2. The van der Waals surface area contributed by atoms with Crippen molar-refractivity contribution < 1.29 is 0 Å². The summed E-state index contributed by atoms with van der Waals surface area (Å²) >= 11 is 4.33. The van der Waals surface area contributed by atoms with Gasteiger partial charge in [-0.3, -0.25) is 0 Å². The van der Waals surface area contributed by atoms with E-state index >= 15 is 0 Å². The van der Waals surface area contributed by atoms with E-state index in [0.717, 1.165) is 11.8 Å². The monoisotopic (exact) mass is 374 g/mol. The highest BCUT2D eigenvalue weighted by atomic mass is 32.2. The Balaban J connectivity index is 1.53. The molecule has 1 fully saturated rings. The van der Waals surface area contributed by atoms with E-state index in [-0.39, 0.29) is 0 Å². The van der Waals surface area contributed by atoms with Crippen molar-refractivity contribution in [2.75, 3.05) is 5.75 Å². The second-order valence-corrected chi connectivity index (χ2v) is 10.6. The van der Waals surface area contributed by atoms with Crippen LogP contribution in [0.2, 0.25) is 0 Å². The first-order valence-corrected chi connectivity index (χ1v) is 11.4. The lowest BCUT2D eigenvalue weighted by Gasteiger charge is -2.28. The summed E-state index contributed by atoms with van der Waals surface area (Å²) in [6.45, 7) is 5.69. The predicted molar refractivity (Wildman–Crippen MR) is 112 cm³/mol. The number of nitrogens with zero attached hydrogens (tertiary/aromatic N) is 2. The van der Waals surface area contributed by atoms with E-state index < -0.39 is 0 Å². The molecular weight excluding hydrogens is 344 g/mol. The average Bonchev–Trinajstić information content (AvgIpc) is 3.25. The zero-order chi connectivity index (χ0) is 17.5. The van der Waals surface area contributed by atoms with Crippen LogP contribution in [0.25, 0.3) is 0 Å². The summed E-state index contributed by atoms with van der Waals surface area (Å²) in [6, 6.07) is 9.33. The normalized spacial score (nSPS) is 23.2. The average molecular weight is 375 g/mol. The van der Waals surface area contributed by atoms with E-state index in [2.05, 4.69) is 77.4 Å². The minimum absolute atomic E-state index is 0.321. The Labute approximate surface area is 161 Å². The Hall–Kier alpha value is -0.870. The van der Waals surface area contributed by atoms with Crippen molar-refractivity contribution in [2.45, 2.75) is 68.2 Å². The minimum Gasteiger partial charge on any atom is -0.335 e. The van der Waals surface area contributed by atoms with E-state index in [0.29, 0.717) is 4.08 Å². The lowest BCUT2D eigenvalue weighted by Crippen LogP contribution is -2.24. The van der Waals surface area contributed by atoms with E-state index in [4.69, 9.17) is 0 Å². The molecule has 0 aliphatic carbocycles. The third-order valence-corrected chi connectivity index (χ3v) is 8.56. The SMILES string of the molecule is CCCCc1ccc(CCCC2(Cn3ccnc3)SCC(C)S2)cc1. The molecule has 1 aliphatic heterocycles. The van der Waals surface area contributed by atoms with Gasteiger partial charge >= 0.3 is 0 Å². The number of hydrogen-bond donors (Lipinski definition) is 0. The highest BCUT2D eigenvalue weighted by Crippen LogP contribution is 2.51. The smallest absolute Gasteiger partial charge is 0.0946 e. The van der Waals surface area contributed by atoms with Gasteiger partial charge in [0.1, 0.15) is 0 Å². The molecule has 2 atom stereocenters. The van der Waals surface area contributed by atoms with Crippen molar-refractivity contribution in [3.05, 3.63) is 54.1 Å². The van der Waals surface area contributed by atoms with Crippen LogP contribution in [0, 0.1) is 0 Å². The first-order chi connectivity index (χ1) is 12.2. The summed E-state index contributed by atoms with van der Waals surface area (Å²) in [4.78, 5) is 4.22. The molecule has 2 nitrogen and oxygen atoms in total. The third-order valence-electron chi connectivity index (χ3n) is 4.84. The van der Waals surface area contributed by atoms with Crippen LogP contribution in [0.3, 0.4) is 0 Å². The highest BCUT2D eigenvalue weighted by Gasteiger charge is 2.38. The molecule has 0 amide bonds. The van der Waals surface area contributed by atoms with E-state index in [1.165, 1.54) is 55.4 Å². The standard InChI is InChI=1S/C21H30N2S2/c1-3-4-6-19-8-10-20(11-9-19)7-5-12-21(24-15-18(2)25-21)16-23-14-13-22-17-23/h8-11,13-14,17-18H,3-7,12,15-16H2,1-2H3. The summed E-state index contributed by atoms with van der Waals surface area (Å²) in [5, 5.41) is 0.756. The zero-order valence-corrected chi connectivity index (χ0v) is 17.1. The number of aromatic nitrogens is 2. The number of unbranched alkanes of at least 4 members (excludes halogenated alkanes) is 1. The molecule has 0 saturated carbocycles. The van der Waals surface area contributed by atoms with Gasteiger partial charge < -0.3 is 4.57 Å². The Morgan fingerprint density at radius 1 is 1.16 bits per heavy atom. The van der Waals surface area contributed by atoms with Crippen LogP contribution in [0.1, 0.15) is 50.7 Å². The van der Waals surface area contributed by atoms with Gasteiger partial charge in [-0.2, -0.15) is 0 Å². The first-order valence-electron chi connectivity index (χ1n) is 9.54. The Morgan fingerprint density at radius 3 is 2.44 bits per heavy atom. The molecule has 1 saturated heterocycles. The number of imidazole rings is 1. The Kier molecular flexibility index (Phi) is 6.94. The Bertz CT molecular complexity index is 624. The van der Waals surface area contributed by atoms with Crippen molar-refractivity contribution in [2.24, 2.45) is 0 Å². The summed E-state index contributed by atoms with van der Waals surface area (Å²) in [5.41, 5.74) is 2.97. The van der Waals surface area contributed by atoms with E-state index in [1.54, 1.807) is 0 Å². The molecule has 0 bridgehead atoms. The number of thioether (sulfide) groups is 2. The van der Waals surface area contributed by atoms with Gasteiger partial charge in [-0.25, -0.2) is 4.98 Å². The fourth-order valence-electron chi connectivity index (χ4n) is 3.47. The van der Waals surface area contributed by atoms with Gasteiger partial charge in [-0.1, -0.05) is 44.5 Å². The maximum Gasteiger partial charge on any atom is 0.0946 e. The zero-order valence-electron chi connectivity index (χ0n) is 15.5. The molecule has 2 heterocycles. The molecule has 1 aromatic heterocycles. The van der Waals surface area contributed by atoms with Crippen LogP contribution in [0.4, 0.5) is 0 Å². The fraction of sp³-hybridized carbons (Fsp3) is 0.571. The minimum atomic E-state index is 0.321. The van der Waals surface area contributed by atoms with Crippen LogP contribution >= 0.6 is 23.5 Å². The quantitative estimate of drug-likeness (QED) is 0.551. The third kappa shape index (κ3) is 5.55. The summed E-state index contributed by atoms with van der Waals surface area (Å²) in [6.07, 6.45) is 13.4. The molecule has 2 aromatic rings. The molecule has 3 rings (SSSR count). The lowest BCUT2D eigenvalue weighted by atomic mass is 10.0. The molecule has 1 aliphatic rings. The summed E-state index contributed by atoms with van der Waals surface area (Å²) in [5.74, 6) is 1.27. The number of aryl methyl sites for hydroxylation is 2. The van der Waals surface area contributed by atoms with E-state index in [9.17, 15) is 0 Å². The van der Waals surface area contributed by atoms with Crippen molar-refractivity contribution in [1.82, 2.24) is 9.55 Å². The maximum absolute atomic E-state index is 4.22. The second-order valence-electron chi connectivity index (χ2n) is 7.16. The molecule has 0 N–H and O–H groups in total. The van der Waals surface area contributed by atoms with E-state index in [1.807, 2.05) is 12.5 Å². The molecule has 1 aromatic carbocycles. The van der Waals surface area contributed by atoms with Crippen LogP contribution in [0.5, 0.6) is 0 Å². The summed E-state index contributed by atoms with van der Waals surface area (Å²) < 4.78 is 2.57. The van der Waals surface area contributed by atoms with Crippen LogP contribution in [-0.2, 0) is 19.4 Å². The van der Waals surface area contributed by atoms with Gasteiger partial charge in [0.05, 0.1) is 10.4 Å². The molecule has 25 heavy (non-hydrogen) atoms. The Morgan fingerprint density at radius 2 is 1.88 bits per heavy atom. The molecule has 136 valence electrons. The van der Waals surface area contributed by atoms with Gasteiger partial charge in [-0.15, -0.1) is 23.5 Å². The number of hydrogen-bond acceptors (Lipinski definition) is 3. The topological polar surface area (TPSA) is 17.8 Å². The maximum atomic E-state index is 4.22. The highest BCUT2D eigenvalue weighted by molar-refractivity contribution is 8.21. The molecule has 0 radical (unpaired) electrons. The second kappa shape index (κ2) is 9.18. The number of benzene rings is 1. The first kappa shape index (κ1) is 18.9. The predicted octanol–water partition coefficient (Wildman–Crippen LogP) is 5.81. The molecule has 2 unspecified atom stereocenters. The van der Waals surface area contributed by atoms with Crippen molar-refractivity contribution >= 4 is 23.5 Å². The van der Waals surface area contributed by atoms with Crippen LogP contribution in [-0.4, -0.2) is 24.6 Å². The molecule has 0 spiro atoms. The lowest BCUT2D eigenvalue weighted by molar-refractivity contribution is 0.571. The van der Waals surface area contributed by atoms with Crippen molar-refractivity contribution in [3.8, 4) is 0 Å². The van der Waals surface area contributed by atoms with Gasteiger partial charge in [0.25, 0.3) is 0 Å². The summed E-state index contributed by atoms with van der Waals surface area (Å²) in [7, 11) is 0.